The van der Waals surface area contributed by atoms with Crippen LogP contribution < -0.4 is 0 Å². The summed E-state index contributed by atoms with van der Waals surface area (Å²) in [4.78, 5) is 10.7. The van der Waals surface area contributed by atoms with Crippen molar-refractivity contribution in [3.8, 4) is 0 Å². The van der Waals surface area contributed by atoms with Crippen molar-refractivity contribution in [3.05, 3.63) is 51.9 Å². The van der Waals surface area contributed by atoms with E-state index in [9.17, 15) is 13.2 Å². The molecule has 0 spiro atoms. The molecule has 6 nitrogen and oxygen atoms in total. The summed E-state index contributed by atoms with van der Waals surface area (Å²) in [7, 11) is -3.82. The highest BCUT2D eigenvalue weighted by Crippen LogP contribution is 2.31. The van der Waals surface area contributed by atoms with Gasteiger partial charge >= 0.3 is 5.97 Å². The minimum Gasteiger partial charge on any atom is -0.475 e. The monoisotopic (exact) mass is 385 g/mol. The van der Waals surface area contributed by atoms with Crippen LogP contribution in [-0.4, -0.2) is 30.3 Å². The lowest BCUT2D eigenvalue weighted by Gasteiger charge is -2.27. The average Bonchev–Trinajstić information content (AvgIpc) is 2.90. The first-order chi connectivity index (χ1) is 10.4. The van der Waals surface area contributed by atoms with Gasteiger partial charge in [0.1, 0.15) is 4.90 Å². The van der Waals surface area contributed by atoms with E-state index in [1.165, 1.54) is 4.31 Å². The van der Waals surface area contributed by atoms with Gasteiger partial charge in [0.15, 0.2) is 4.67 Å². The van der Waals surface area contributed by atoms with Crippen LogP contribution in [0.1, 0.15) is 21.7 Å². The summed E-state index contributed by atoms with van der Waals surface area (Å²) in [5.74, 6) is -1.73. The van der Waals surface area contributed by atoms with Crippen molar-refractivity contribution >= 4 is 31.9 Å². The van der Waals surface area contributed by atoms with Crippen LogP contribution in [0.15, 0.2) is 44.3 Å². The minimum absolute atomic E-state index is 0.0937. The highest BCUT2D eigenvalue weighted by molar-refractivity contribution is 9.10. The van der Waals surface area contributed by atoms with Gasteiger partial charge in [0.25, 0.3) is 0 Å². The third-order valence-corrected chi connectivity index (χ3v) is 6.28. The molecule has 1 aromatic heterocycles. The predicted octanol–water partition coefficient (Wildman–Crippen LogP) is 2.49. The molecule has 0 aliphatic carbocycles. The molecule has 1 aromatic carbocycles. The standard InChI is InChI=1S/C14H12BrNO5S/c15-13-12(7-11(21-13)14(17)18)22(19,20)16-6-5-9-3-1-2-4-10(9)8-16/h1-4,7H,5-6,8H2,(H,17,18). The van der Waals surface area contributed by atoms with Crippen molar-refractivity contribution in [2.24, 2.45) is 0 Å². The van der Waals surface area contributed by atoms with E-state index in [-0.39, 0.29) is 16.1 Å². The van der Waals surface area contributed by atoms with Gasteiger partial charge in [-0.1, -0.05) is 24.3 Å². The van der Waals surface area contributed by atoms with Gasteiger partial charge in [0, 0.05) is 19.2 Å². The highest BCUT2D eigenvalue weighted by Gasteiger charge is 2.32. The molecule has 0 atom stereocenters. The van der Waals surface area contributed by atoms with Crippen LogP contribution in [0.4, 0.5) is 0 Å². The number of aromatic carboxylic acids is 1. The molecule has 8 heteroatoms. The van der Waals surface area contributed by atoms with Crippen molar-refractivity contribution in [1.82, 2.24) is 4.31 Å². The van der Waals surface area contributed by atoms with Crippen LogP contribution >= 0.6 is 15.9 Å². The fourth-order valence-corrected chi connectivity index (χ4v) is 4.77. The summed E-state index contributed by atoms with van der Waals surface area (Å²) < 4.78 is 31.6. The number of fused-ring (bicyclic) bond motifs is 1. The van der Waals surface area contributed by atoms with Crippen molar-refractivity contribution in [1.29, 1.82) is 0 Å². The first-order valence-electron chi connectivity index (χ1n) is 6.49. The molecular weight excluding hydrogens is 374 g/mol. The summed E-state index contributed by atoms with van der Waals surface area (Å²) in [6.45, 7) is 0.609. The lowest BCUT2D eigenvalue weighted by atomic mass is 10.0. The van der Waals surface area contributed by atoms with E-state index in [1.807, 2.05) is 24.3 Å². The van der Waals surface area contributed by atoms with E-state index in [4.69, 9.17) is 9.52 Å². The van der Waals surface area contributed by atoms with E-state index in [0.29, 0.717) is 13.0 Å². The van der Waals surface area contributed by atoms with Crippen LogP contribution in [-0.2, 0) is 23.0 Å². The molecular formula is C14H12BrNO5S. The molecule has 0 saturated carbocycles. The predicted molar refractivity (Wildman–Crippen MR) is 81.1 cm³/mol. The SMILES string of the molecule is O=C(O)c1cc(S(=O)(=O)N2CCc3ccccc3C2)c(Br)o1. The van der Waals surface area contributed by atoms with Crippen molar-refractivity contribution in [3.63, 3.8) is 0 Å². The second-order valence-corrected chi connectivity index (χ2v) is 7.54. The molecule has 2 heterocycles. The van der Waals surface area contributed by atoms with Gasteiger partial charge < -0.3 is 9.52 Å². The maximum atomic E-state index is 12.7. The Hall–Kier alpha value is -1.64. The summed E-state index contributed by atoms with van der Waals surface area (Å²) >= 11 is 2.98. The van der Waals surface area contributed by atoms with Gasteiger partial charge in [-0.05, 0) is 33.5 Å². The number of carbonyl (C=O) groups is 1. The number of carboxylic acids is 1. The number of nitrogens with zero attached hydrogens (tertiary/aromatic N) is 1. The number of benzene rings is 1. The summed E-state index contributed by atoms with van der Waals surface area (Å²) in [5.41, 5.74) is 2.09. The second kappa shape index (κ2) is 5.53. The number of carboxylic acid groups (broad SMARTS) is 1. The third-order valence-electron chi connectivity index (χ3n) is 3.58. The van der Waals surface area contributed by atoms with Gasteiger partial charge in [-0.15, -0.1) is 0 Å². The van der Waals surface area contributed by atoms with E-state index in [0.717, 1.165) is 17.2 Å². The van der Waals surface area contributed by atoms with Crippen LogP contribution in [0.3, 0.4) is 0 Å². The molecule has 1 N–H and O–H groups in total. The molecule has 116 valence electrons. The van der Waals surface area contributed by atoms with Crippen LogP contribution in [0.25, 0.3) is 0 Å². The molecule has 0 fully saturated rings. The zero-order chi connectivity index (χ0) is 15.9. The largest absolute Gasteiger partial charge is 0.475 e. The molecule has 0 unspecified atom stereocenters. The number of rotatable bonds is 3. The Bertz CT molecular complexity index is 843. The van der Waals surface area contributed by atoms with Crippen LogP contribution in [0, 0.1) is 0 Å². The van der Waals surface area contributed by atoms with Gasteiger partial charge in [-0.25, -0.2) is 13.2 Å². The van der Waals surface area contributed by atoms with Crippen molar-refractivity contribution in [2.45, 2.75) is 17.9 Å². The Kier molecular flexibility index (Phi) is 3.84. The molecule has 22 heavy (non-hydrogen) atoms. The first-order valence-corrected chi connectivity index (χ1v) is 8.72. The Morgan fingerprint density at radius 2 is 1.95 bits per heavy atom. The van der Waals surface area contributed by atoms with Crippen molar-refractivity contribution < 1.29 is 22.7 Å². The maximum Gasteiger partial charge on any atom is 0.371 e. The molecule has 0 amide bonds. The molecule has 0 radical (unpaired) electrons. The van der Waals surface area contributed by atoms with Crippen LogP contribution in [0.5, 0.6) is 0 Å². The van der Waals surface area contributed by atoms with E-state index in [2.05, 4.69) is 15.9 Å². The number of hydrogen-bond donors (Lipinski definition) is 1. The third kappa shape index (κ3) is 2.57. The minimum atomic E-state index is -3.82. The average molecular weight is 386 g/mol. The van der Waals surface area contributed by atoms with E-state index in [1.54, 1.807) is 0 Å². The maximum absolute atomic E-state index is 12.7. The van der Waals surface area contributed by atoms with Gasteiger partial charge in [0.05, 0.1) is 0 Å². The van der Waals surface area contributed by atoms with Crippen LogP contribution in [0.2, 0.25) is 0 Å². The summed E-state index contributed by atoms with van der Waals surface area (Å²) in [6.07, 6.45) is 0.622. The normalized spacial score (nSPS) is 15.5. The number of sulfonamides is 1. The summed E-state index contributed by atoms with van der Waals surface area (Å²) in [6, 6.07) is 8.70. The molecule has 1 aliphatic heterocycles. The van der Waals surface area contributed by atoms with Crippen molar-refractivity contribution in [2.75, 3.05) is 6.54 Å². The lowest BCUT2D eigenvalue weighted by Crippen LogP contribution is -2.35. The molecule has 2 aromatic rings. The topological polar surface area (TPSA) is 87.8 Å². The Morgan fingerprint density at radius 3 is 2.59 bits per heavy atom. The molecule has 0 saturated heterocycles. The Labute approximate surface area is 135 Å². The zero-order valence-electron chi connectivity index (χ0n) is 11.3. The molecule has 1 aliphatic rings. The first kappa shape index (κ1) is 15.3. The zero-order valence-corrected chi connectivity index (χ0v) is 13.7. The van der Waals surface area contributed by atoms with Gasteiger partial charge in [-0.2, -0.15) is 4.31 Å². The van der Waals surface area contributed by atoms with E-state index < -0.39 is 21.8 Å². The quantitative estimate of drug-likeness (QED) is 0.876. The van der Waals surface area contributed by atoms with E-state index >= 15 is 0 Å². The second-order valence-electron chi connectivity index (χ2n) is 4.91. The fourth-order valence-electron chi connectivity index (χ4n) is 2.45. The van der Waals surface area contributed by atoms with Gasteiger partial charge in [-0.3, -0.25) is 0 Å². The molecule has 3 rings (SSSR count). The number of hydrogen-bond acceptors (Lipinski definition) is 4. The molecule has 0 bridgehead atoms. The number of halogens is 1. The van der Waals surface area contributed by atoms with Gasteiger partial charge in [0.2, 0.25) is 15.8 Å². The summed E-state index contributed by atoms with van der Waals surface area (Å²) in [5, 5.41) is 8.91. The number of furan rings is 1. The Balaban J connectivity index is 1.96. The lowest BCUT2D eigenvalue weighted by molar-refractivity contribution is 0.0661. The fraction of sp³-hybridized carbons (Fsp3) is 0.214. The Morgan fingerprint density at radius 1 is 1.27 bits per heavy atom. The highest BCUT2D eigenvalue weighted by atomic mass is 79.9. The smallest absolute Gasteiger partial charge is 0.371 e.